The van der Waals surface area contributed by atoms with E-state index in [2.05, 4.69) is 19.2 Å². The van der Waals surface area contributed by atoms with Crippen LogP contribution >= 0.6 is 11.6 Å². The zero-order valence-corrected chi connectivity index (χ0v) is 23.2. The van der Waals surface area contributed by atoms with Crippen LogP contribution in [0, 0.1) is 5.92 Å². The maximum Gasteiger partial charge on any atom is 0.327 e. The number of sulfonamides is 1. The number of carboxylic acids is 1. The van der Waals surface area contributed by atoms with Gasteiger partial charge in [-0.3, -0.25) is 9.10 Å². The molecule has 10 heteroatoms. The van der Waals surface area contributed by atoms with Gasteiger partial charge in [-0.2, -0.15) is 0 Å². The number of nitrogens with one attached hydrogen (secondary N) is 1. The molecule has 0 aliphatic rings. The monoisotopic (exact) mass is 558 g/mol. The molecule has 0 radical (unpaired) electrons. The lowest BCUT2D eigenvalue weighted by Crippen LogP contribution is -2.48. The average Bonchev–Trinajstić information content (AvgIpc) is 2.85. The zero-order valence-electron chi connectivity index (χ0n) is 21.6. The molecular formula is C28H31ClN2O6S. The lowest BCUT2D eigenvalue weighted by Gasteiger charge is -2.32. The van der Waals surface area contributed by atoms with Gasteiger partial charge >= 0.3 is 5.97 Å². The normalized spacial score (nSPS) is 12.3. The van der Waals surface area contributed by atoms with Crippen LogP contribution in [0.15, 0.2) is 77.7 Å². The van der Waals surface area contributed by atoms with Crippen LogP contribution in [0.25, 0.3) is 0 Å². The minimum absolute atomic E-state index is 0.116. The summed E-state index contributed by atoms with van der Waals surface area (Å²) < 4.78 is 34.0. The second-order valence-electron chi connectivity index (χ2n) is 9.40. The fourth-order valence-electron chi connectivity index (χ4n) is 3.86. The van der Waals surface area contributed by atoms with Gasteiger partial charge in [-0.25, -0.2) is 13.2 Å². The second-order valence-corrected chi connectivity index (χ2v) is 11.6. The Labute approximate surface area is 228 Å². The summed E-state index contributed by atoms with van der Waals surface area (Å²) in [6.07, 6.45) is 0. The van der Waals surface area contributed by atoms with Crippen molar-refractivity contribution in [2.75, 3.05) is 16.2 Å². The van der Waals surface area contributed by atoms with Gasteiger partial charge in [0.15, 0.2) is 6.61 Å². The van der Waals surface area contributed by atoms with Gasteiger partial charge < -0.3 is 15.2 Å². The molecule has 0 saturated heterocycles. The first-order chi connectivity index (χ1) is 17.9. The number of carboxylic acid groups (broad SMARTS) is 1. The van der Waals surface area contributed by atoms with Crippen LogP contribution in [0.5, 0.6) is 5.75 Å². The van der Waals surface area contributed by atoms with Crippen molar-refractivity contribution in [3.63, 3.8) is 0 Å². The van der Waals surface area contributed by atoms with Crippen LogP contribution in [0.2, 0.25) is 5.02 Å². The van der Waals surface area contributed by atoms with Gasteiger partial charge in [-0.05, 0) is 65.9 Å². The first kappa shape index (κ1) is 29.0. The van der Waals surface area contributed by atoms with Gasteiger partial charge in [-0.15, -0.1) is 0 Å². The molecule has 3 rings (SSSR count). The van der Waals surface area contributed by atoms with E-state index in [4.69, 9.17) is 16.3 Å². The molecule has 0 saturated carbocycles. The standard InChI is InChI=1S/C28H31ClN2O6S/c1-18(2)20-11-13-24(14-12-20)37-17-26(32)30-22-8-6-10-25(16-22)38(35,36)31(27(19(3)4)28(33)34)23-9-5-7-21(29)15-23/h5-16,18-19,27H,17H2,1-4H3,(H,30,32)(H,33,34). The topological polar surface area (TPSA) is 113 Å². The third-order valence-electron chi connectivity index (χ3n) is 5.79. The van der Waals surface area contributed by atoms with E-state index in [0.29, 0.717) is 11.7 Å². The van der Waals surface area contributed by atoms with Crippen LogP contribution in [0.4, 0.5) is 11.4 Å². The highest BCUT2D eigenvalue weighted by atomic mass is 35.5. The molecule has 3 aromatic carbocycles. The van der Waals surface area contributed by atoms with Gasteiger partial charge in [0.2, 0.25) is 0 Å². The summed E-state index contributed by atoms with van der Waals surface area (Å²) >= 11 is 6.10. The van der Waals surface area contributed by atoms with E-state index in [0.717, 1.165) is 9.87 Å². The van der Waals surface area contributed by atoms with Gasteiger partial charge in [0.25, 0.3) is 15.9 Å². The molecule has 1 unspecified atom stereocenters. The molecule has 38 heavy (non-hydrogen) atoms. The van der Waals surface area contributed by atoms with Crippen molar-refractivity contribution >= 4 is 44.9 Å². The number of anilines is 2. The summed E-state index contributed by atoms with van der Waals surface area (Å²) in [7, 11) is -4.37. The Morgan fingerprint density at radius 1 is 0.974 bits per heavy atom. The summed E-state index contributed by atoms with van der Waals surface area (Å²) in [6.45, 7) is 7.13. The molecule has 1 amide bonds. The Balaban J connectivity index is 1.84. The third kappa shape index (κ3) is 7.05. The molecule has 0 bridgehead atoms. The zero-order chi connectivity index (χ0) is 28.0. The molecule has 202 valence electrons. The molecule has 1 atom stereocenters. The summed E-state index contributed by atoms with van der Waals surface area (Å²) in [5.41, 5.74) is 1.48. The van der Waals surface area contributed by atoms with E-state index < -0.39 is 33.9 Å². The number of hydrogen-bond donors (Lipinski definition) is 2. The fourth-order valence-corrected chi connectivity index (χ4v) is 5.82. The van der Waals surface area contributed by atoms with Crippen LogP contribution in [-0.4, -0.2) is 38.0 Å². The molecule has 2 N–H and O–H groups in total. The summed E-state index contributed by atoms with van der Waals surface area (Å²) in [4.78, 5) is 24.5. The number of carbonyl (C=O) groups is 2. The maximum absolute atomic E-state index is 13.8. The van der Waals surface area contributed by atoms with E-state index in [9.17, 15) is 23.1 Å². The number of halogens is 1. The number of ether oxygens (including phenoxy) is 1. The highest BCUT2D eigenvalue weighted by molar-refractivity contribution is 7.93. The van der Waals surface area contributed by atoms with Crippen molar-refractivity contribution in [1.29, 1.82) is 0 Å². The number of amides is 1. The summed E-state index contributed by atoms with van der Waals surface area (Å²) in [5, 5.41) is 12.8. The molecular weight excluding hydrogens is 528 g/mol. The number of carbonyl (C=O) groups excluding carboxylic acids is 1. The van der Waals surface area contributed by atoms with Crippen molar-refractivity contribution in [3.05, 3.63) is 83.4 Å². The maximum atomic E-state index is 13.8. The molecule has 0 spiro atoms. The number of aliphatic carboxylic acids is 1. The van der Waals surface area contributed by atoms with Crippen molar-refractivity contribution in [2.24, 2.45) is 5.92 Å². The van der Waals surface area contributed by atoms with Crippen LogP contribution in [0.1, 0.15) is 39.2 Å². The van der Waals surface area contributed by atoms with Crippen LogP contribution < -0.4 is 14.4 Å². The Hall–Kier alpha value is -3.56. The largest absolute Gasteiger partial charge is 0.484 e. The average molecular weight is 559 g/mol. The van der Waals surface area contributed by atoms with Crippen molar-refractivity contribution in [2.45, 2.75) is 44.6 Å². The van der Waals surface area contributed by atoms with E-state index in [1.54, 1.807) is 38.1 Å². The van der Waals surface area contributed by atoms with Crippen molar-refractivity contribution < 1.29 is 27.9 Å². The Morgan fingerprint density at radius 2 is 1.63 bits per heavy atom. The number of benzene rings is 3. The Morgan fingerprint density at radius 3 is 2.21 bits per heavy atom. The van der Waals surface area contributed by atoms with Gasteiger partial charge in [-0.1, -0.05) is 63.6 Å². The molecule has 0 aromatic heterocycles. The molecule has 3 aromatic rings. The SMILES string of the molecule is CC(C)c1ccc(OCC(=O)Nc2cccc(S(=O)(=O)N(c3cccc(Cl)c3)C(C(=O)O)C(C)C)c2)cc1. The minimum atomic E-state index is -4.37. The first-order valence-corrected chi connectivity index (χ1v) is 13.9. The van der Waals surface area contributed by atoms with Crippen LogP contribution in [-0.2, 0) is 19.6 Å². The lowest BCUT2D eigenvalue weighted by molar-refractivity contribution is -0.139. The lowest BCUT2D eigenvalue weighted by atomic mass is 10.0. The Kier molecular flexibility index (Phi) is 9.40. The van der Waals surface area contributed by atoms with E-state index in [1.807, 2.05) is 12.1 Å². The fraction of sp³-hybridized carbons (Fsp3) is 0.286. The van der Waals surface area contributed by atoms with Gasteiger partial charge in [0, 0.05) is 10.7 Å². The molecule has 0 aliphatic heterocycles. The number of nitrogens with zero attached hydrogens (tertiary/aromatic N) is 1. The smallest absolute Gasteiger partial charge is 0.327 e. The first-order valence-electron chi connectivity index (χ1n) is 12.1. The van der Waals surface area contributed by atoms with E-state index in [1.165, 1.54) is 36.4 Å². The van der Waals surface area contributed by atoms with Crippen molar-refractivity contribution in [1.82, 2.24) is 0 Å². The predicted octanol–water partition coefficient (Wildman–Crippen LogP) is 5.79. The predicted molar refractivity (Wildman–Crippen MR) is 148 cm³/mol. The molecule has 0 aliphatic carbocycles. The van der Waals surface area contributed by atoms with Gasteiger partial charge in [0.1, 0.15) is 11.8 Å². The number of hydrogen-bond acceptors (Lipinski definition) is 5. The highest BCUT2D eigenvalue weighted by Gasteiger charge is 2.38. The Bertz CT molecular complexity index is 1390. The number of rotatable bonds is 11. The minimum Gasteiger partial charge on any atom is -0.484 e. The van der Waals surface area contributed by atoms with Crippen molar-refractivity contribution in [3.8, 4) is 5.75 Å². The van der Waals surface area contributed by atoms with E-state index >= 15 is 0 Å². The molecule has 0 heterocycles. The second kappa shape index (κ2) is 12.3. The van der Waals surface area contributed by atoms with Crippen LogP contribution in [0.3, 0.4) is 0 Å². The molecule has 8 nitrogen and oxygen atoms in total. The quantitative estimate of drug-likeness (QED) is 0.308. The summed E-state index contributed by atoms with van der Waals surface area (Å²) in [5.74, 6) is -1.43. The third-order valence-corrected chi connectivity index (χ3v) is 7.83. The molecule has 0 fully saturated rings. The van der Waals surface area contributed by atoms with E-state index in [-0.39, 0.29) is 27.9 Å². The van der Waals surface area contributed by atoms with Gasteiger partial charge in [0.05, 0.1) is 10.6 Å². The highest BCUT2D eigenvalue weighted by Crippen LogP contribution is 2.32. The summed E-state index contributed by atoms with van der Waals surface area (Å²) in [6, 6.07) is 17.7.